The van der Waals surface area contributed by atoms with Gasteiger partial charge in [-0.15, -0.1) is 12.4 Å². The van der Waals surface area contributed by atoms with Crippen LogP contribution in [-0.2, 0) is 14.8 Å². The largest absolute Gasteiger partial charge is 0.462 e. The fraction of sp³-hybridized carbons (Fsp3) is 0.500. The summed E-state index contributed by atoms with van der Waals surface area (Å²) in [7, 11) is -3.51. The number of ether oxygens (including phenoxy) is 1. The zero-order valence-electron chi connectivity index (χ0n) is 12.4. The molecule has 0 aliphatic carbocycles. The first-order valence-corrected chi connectivity index (χ1v) is 8.40. The average molecular weight is 349 g/mol. The fourth-order valence-electron chi connectivity index (χ4n) is 2.33. The molecule has 1 aliphatic heterocycles. The molecule has 1 aliphatic rings. The third-order valence-electron chi connectivity index (χ3n) is 3.59. The maximum Gasteiger partial charge on any atom is 0.338 e. The van der Waals surface area contributed by atoms with Crippen molar-refractivity contribution in [3.05, 3.63) is 29.8 Å². The number of esters is 1. The molecule has 1 fully saturated rings. The zero-order valence-corrected chi connectivity index (χ0v) is 14.0. The molecule has 0 radical (unpaired) electrons. The SMILES string of the molecule is CCOC(=O)c1ccc(S(=O)(=O)N2CCC(CN)C2)cc1.Cl. The first-order valence-electron chi connectivity index (χ1n) is 6.96. The molecule has 22 heavy (non-hydrogen) atoms. The van der Waals surface area contributed by atoms with E-state index < -0.39 is 16.0 Å². The summed E-state index contributed by atoms with van der Waals surface area (Å²) < 4.78 is 31.3. The second-order valence-corrected chi connectivity index (χ2v) is 6.94. The zero-order chi connectivity index (χ0) is 15.5. The molecule has 6 nitrogen and oxygen atoms in total. The van der Waals surface area contributed by atoms with Gasteiger partial charge < -0.3 is 10.5 Å². The molecule has 0 aromatic heterocycles. The molecular weight excluding hydrogens is 328 g/mol. The van der Waals surface area contributed by atoms with Crippen molar-refractivity contribution in [3.8, 4) is 0 Å². The van der Waals surface area contributed by atoms with Gasteiger partial charge in [-0.25, -0.2) is 13.2 Å². The van der Waals surface area contributed by atoms with E-state index in [9.17, 15) is 13.2 Å². The lowest BCUT2D eigenvalue weighted by molar-refractivity contribution is 0.0526. The van der Waals surface area contributed by atoms with E-state index in [1.165, 1.54) is 28.6 Å². The van der Waals surface area contributed by atoms with E-state index in [4.69, 9.17) is 10.5 Å². The number of hydrogen-bond donors (Lipinski definition) is 1. The smallest absolute Gasteiger partial charge is 0.338 e. The summed E-state index contributed by atoms with van der Waals surface area (Å²) in [6, 6.07) is 5.83. The summed E-state index contributed by atoms with van der Waals surface area (Å²) >= 11 is 0. The quantitative estimate of drug-likeness (QED) is 0.809. The number of rotatable bonds is 5. The molecule has 2 rings (SSSR count). The lowest BCUT2D eigenvalue weighted by Crippen LogP contribution is -2.30. The number of nitrogens with zero attached hydrogens (tertiary/aromatic N) is 1. The molecule has 0 bridgehead atoms. The second-order valence-electron chi connectivity index (χ2n) is 5.00. The van der Waals surface area contributed by atoms with Gasteiger partial charge in [-0.3, -0.25) is 0 Å². The Labute approximate surface area is 137 Å². The van der Waals surface area contributed by atoms with Crippen LogP contribution < -0.4 is 5.73 Å². The van der Waals surface area contributed by atoms with Gasteiger partial charge in [-0.05, 0) is 50.1 Å². The highest BCUT2D eigenvalue weighted by molar-refractivity contribution is 7.89. The number of carbonyl (C=O) groups excluding carboxylic acids is 1. The van der Waals surface area contributed by atoms with Crippen LogP contribution in [-0.4, -0.2) is 44.9 Å². The van der Waals surface area contributed by atoms with Gasteiger partial charge in [0.2, 0.25) is 10.0 Å². The molecule has 0 spiro atoms. The Bertz CT molecular complexity index is 604. The summed E-state index contributed by atoms with van der Waals surface area (Å²) in [5.74, 6) is -0.232. The van der Waals surface area contributed by atoms with Crippen molar-refractivity contribution >= 4 is 28.4 Å². The number of carbonyl (C=O) groups is 1. The van der Waals surface area contributed by atoms with Crippen molar-refractivity contribution in [1.82, 2.24) is 4.31 Å². The van der Waals surface area contributed by atoms with Crippen molar-refractivity contribution in [2.24, 2.45) is 11.7 Å². The van der Waals surface area contributed by atoms with Gasteiger partial charge in [0.1, 0.15) is 0 Å². The van der Waals surface area contributed by atoms with Crippen LogP contribution >= 0.6 is 12.4 Å². The molecule has 124 valence electrons. The van der Waals surface area contributed by atoms with Crippen LogP contribution in [0.5, 0.6) is 0 Å². The summed E-state index contributed by atoms with van der Waals surface area (Å²) in [5, 5.41) is 0. The normalized spacial score (nSPS) is 18.7. The average Bonchev–Trinajstić information content (AvgIpc) is 2.97. The minimum Gasteiger partial charge on any atom is -0.462 e. The molecule has 0 amide bonds. The molecule has 1 heterocycles. The second kappa shape index (κ2) is 7.92. The molecular formula is C14H21ClN2O4S. The van der Waals surface area contributed by atoms with E-state index in [1.807, 2.05) is 0 Å². The van der Waals surface area contributed by atoms with E-state index in [0.29, 0.717) is 25.2 Å². The Morgan fingerprint density at radius 3 is 2.50 bits per heavy atom. The Kier molecular flexibility index (Phi) is 6.80. The topological polar surface area (TPSA) is 89.7 Å². The molecule has 2 N–H and O–H groups in total. The van der Waals surface area contributed by atoms with E-state index >= 15 is 0 Å². The third kappa shape index (κ3) is 3.98. The Balaban J connectivity index is 0.00000242. The highest BCUT2D eigenvalue weighted by Gasteiger charge is 2.31. The minimum atomic E-state index is -3.51. The van der Waals surface area contributed by atoms with Gasteiger partial charge in [-0.2, -0.15) is 4.31 Å². The van der Waals surface area contributed by atoms with Crippen molar-refractivity contribution in [2.75, 3.05) is 26.2 Å². The van der Waals surface area contributed by atoms with Crippen LogP contribution in [0.25, 0.3) is 0 Å². The number of hydrogen-bond acceptors (Lipinski definition) is 5. The number of halogens is 1. The lowest BCUT2D eigenvalue weighted by atomic mass is 10.1. The number of sulfonamides is 1. The van der Waals surface area contributed by atoms with Crippen molar-refractivity contribution < 1.29 is 17.9 Å². The molecule has 1 atom stereocenters. The Hall–Kier alpha value is -1.15. The molecule has 8 heteroatoms. The van der Waals surface area contributed by atoms with Crippen LogP contribution in [0.15, 0.2) is 29.2 Å². The van der Waals surface area contributed by atoms with E-state index in [0.717, 1.165) is 6.42 Å². The number of benzene rings is 1. The maximum atomic E-state index is 12.5. The van der Waals surface area contributed by atoms with Crippen LogP contribution in [0, 0.1) is 5.92 Å². The van der Waals surface area contributed by atoms with Gasteiger partial charge >= 0.3 is 5.97 Å². The maximum absolute atomic E-state index is 12.5. The van der Waals surface area contributed by atoms with Gasteiger partial charge in [0.25, 0.3) is 0 Å². The summed E-state index contributed by atoms with van der Waals surface area (Å²) in [6.07, 6.45) is 0.788. The highest BCUT2D eigenvalue weighted by Crippen LogP contribution is 2.24. The van der Waals surface area contributed by atoms with E-state index in [-0.39, 0.29) is 29.8 Å². The molecule has 1 aromatic carbocycles. The van der Waals surface area contributed by atoms with Crippen LogP contribution in [0.1, 0.15) is 23.7 Å². The van der Waals surface area contributed by atoms with Crippen LogP contribution in [0.4, 0.5) is 0 Å². The summed E-state index contributed by atoms with van der Waals surface area (Å²) in [6.45, 7) is 3.45. The van der Waals surface area contributed by atoms with E-state index in [1.54, 1.807) is 6.92 Å². The van der Waals surface area contributed by atoms with Gasteiger partial charge in [-0.1, -0.05) is 0 Å². The number of nitrogens with two attached hydrogens (primary N) is 1. The van der Waals surface area contributed by atoms with Crippen LogP contribution in [0.3, 0.4) is 0 Å². The van der Waals surface area contributed by atoms with Gasteiger partial charge in [0.05, 0.1) is 17.1 Å². The fourth-order valence-corrected chi connectivity index (χ4v) is 3.87. The summed E-state index contributed by atoms with van der Waals surface area (Å²) in [4.78, 5) is 11.7. The van der Waals surface area contributed by atoms with Crippen molar-refractivity contribution in [1.29, 1.82) is 0 Å². The third-order valence-corrected chi connectivity index (χ3v) is 5.46. The molecule has 0 saturated carbocycles. The van der Waals surface area contributed by atoms with Gasteiger partial charge in [0, 0.05) is 13.1 Å². The first kappa shape index (κ1) is 18.9. The van der Waals surface area contributed by atoms with Crippen molar-refractivity contribution in [2.45, 2.75) is 18.2 Å². The highest BCUT2D eigenvalue weighted by atomic mass is 35.5. The Morgan fingerprint density at radius 2 is 2.00 bits per heavy atom. The minimum absolute atomic E-state index is 0. The molecule has 1 saturated heterocycles. The monoisotopic (exact) mass is 348 g/mol. The predicted octanol–water partition coefficient (Wildman–Crippen LogP) is 1.25. The summed E-state index contributed by atoms with van der Waals surface area (Å²) in [5.41, 5.74) is 5.93. The standard InChI is InChI=1S/C14H20N2O4S.ClH/c1-2-20-14(17)12-3-5-13(6-4-12)21(18,19)16-8-7-11(9-15)10-16;/h3-6,11H,2,7-10,15H2,1H3;1H. The van der Waals surface area contributed by atoms with E-state index in [2.05, 4.69) is 0 Å². The van der Waals surface area contributed by atoms with Crippen LogP contribution in [0.2, 0.25) is 0 Å². The molecule has 1 unspecified atom stereocenters. The first-order chi connectivity index (χ1) is 9.98. The lowest BCUT2D eigenvalue weighted by Gasteiger charge is -2.16. The Morgan fingerprint density at radius 1 is 1.36 bits per heavy atom. The van der Waals surface area contributed by atoms with Gasteiger partial charge in [0.15, 0.2) is 0 Å². The van der Waals surface area contributed by atoms with Crippen molar-refractivity contribution in [3.63, 3.8) is 0 Å². The molecule has 1 aromatic rings. The predicted molar refractivity (Wildman–Crippen MR) is 85.6 cm³/mol.